The third kappa shape index (κ3) is 3.46. The number of nitrogens with zero attached hydrogens (tertiary/aromatic N) is 7. The molecule has 4 rings (SSSR count). The van der Waals surface area contributed by atoms with Crippen LogP contribution in [0, 0.1) is 0 Å². The molecule has 0 spiro atoms. The number of carbonyl (C=O) groups excluding carboxylic acids is 1. The first-order valence-corrected chi connectivity index (χ1v) is 8.79. The van der Waals surface area contributed by atoms with Crippen molar-refractivity contribution in [1.82, 2.24) is 40.3 Å². The minimum Gasteiger partial charge on any atom is -0.349 e. The molecule has 0 aromatic carbocycles. The highest BCUT2D eigenvalue weighted by Crippen LogP contribution is 2.30. The van der Waals surface area contributed by atoms with Crippen molar-refractivity contribution in [3.63, 3.8) is 0 Å². The molecule has 3 aromatic rings. The van der Waals surface area contributed by atoms with Crippen LogP contribution in [0.2, 0.25) is 0 Å². The van der Waals surface area contributed by atoms with Crippen molar-refractivity contribution in [3.05, 3.63) is 48.2 Å². The number of carbonyl (C=O) groups is 1. The van der Waals surface area contributed by atoms with Gasteiger partial charge in [0, 0.05) is 24.7 Å². The van der Waals surface area contributed by atoms with Gasteiger partial charge in [-0.3, -0.25) is 4.79 Å². The number of fused-ring (bicyclic) bond motifs is 1. The molecule has 26 heavy (non-hydrogen) atoms. The van der Waals surface area contributed by atoms with E-state index in [-0.39, 0.29) is 11.9 Å². The van der Waals surface area contributed by atoms with Gasteiger partial charge >= 0.3 is 0 Å². The summed E-state index contributed by atoms with van der Waals surface area (Å²) in [4.78, 5) is 16.7. The second-order valence-electron chi connectivity index (χ2n) is 6.34. The molecule has 134 valence electrons. The Balaban J connectivity index is 1.40. The van der Waals surface area contributed by atoms with E-state index in [0.717, 1.165) is 36.3 Å². The van der Waals surface area contributed by atoms with Crippen LogP contribution in [0.25, 0.3) is 5.82 Å². The highest BCUT2D eigenvalue weighted by atomic mass is 16.1. The normalized spacial score (nSPS) is 16.2. The molecule has 1 aliphatic rings. The molecule has 0 fully saturated rings. The molecule has 0 radical (unpaired) electrons. The summed E-state index contributed by atoms with van der Waals surface area (Å²) in [7, 11) is 0. The van der Waals surface area contributed by atoms with Gasteiger partial charge in [-0.2, -0.15) is 5.10 Å². The largest absolute Gasteiger partial charge is 0.349 e. The summed E-state index contributed by atoms with van der Waals surface area (Å²) in [5.41, 5.74) is 2.23. The van der Waals surface area contributed by atoms with Crippen molar-refractivity contribution in [2.45, 2.75) is 44.7 Å². The summed E-state index contributed by atoms with van der Waals surface area (Å²) >= 11 is 0. The molecule has 0 aliphatic heterocycles. The van der Waals surface area contributed by atoms with Gasteiger partial charge in [-0.05, 0) is 48.2 Å². The predicted octanol–water partition coefficient (Wildman–Crippen LogP) is 1.23. The fraction of sp³-hybridized carbons (Fsp3) is 0.412. The van der Waals surface area contributed by atoms with Crippen molar-refractivity contribution in [1.29, 1.82) is 0 Å². The van der Waals surface area contributed by atoms with Gasteiger partial charge in [-0.1, -0.05) is 6.07 Å². The lowest BCUT2D eigenvalue weighted by atomic mass is 9.93. The maximum absolute atomic E-state index is 12.3. The molecule has 1 aliphatic carbocycles. The van der Waals surface area contributed by atoms with Gasteiger partial charge in [0.2, 0.25) is 5.91 Å². The molecular formula is C17H20N8O. The Hall–Kier alpha value is -3.10. The molecular weight excluding hydrogens is 332 g/mol. The van der Waals surface area contributed by atoms with Gasteiger partial charge in [0.1, 0.15) is 6.33 Å². The number of rotatable bonds is 6. The Morgan fingerprint density at radius 3 is 3.12 bits per heavy atom. The minimum atomic E-state index is 0.0109. The van der Waals surface area contributed by atoms with Gasteiger partial charge in [0.25, 0.3) is 0 Å². The van der Waals surface area contributed by atoms with E-state index in [9.17, 15) is 4.79 Å². The van der Waals surface area contributed by atoms with Gasteiger partial charge < -0.3 is 5.32 Å². The zero-order valence-electron chi connectivity index (χ0n) is 14.3. The van der Waals surface area contributed by atoms with E-state index in [2.05, 4.69) is 30.9 Å². The third-order valence-electron chi connectivity index (χ3n) is 4.57. The maximum Gasteiger partial charge on any atom is 0.220 e. The van der Waals surface area contributed by atoms with Crippen LogP contribution in [-0.2, 0) is 17.8 Å². The zero-order chi connectivity index (χ0) is 17.8. The Labute approximate surface area is 150 Å². The number of nitrogens with one attached hydrogen (secondary N) is 1. The van der Waals surface area contributed by atoms with Crippen LogP contribution in [0.5, 0.6) is 0 Å². The van der Waals surface area contributed by atoms with Crippen molar-refractivity contribution in [3.8, 4) is 5.82 Å². The monoisotopic (exact) mass is 352 g/mol. The summed E-state index contributed by atoms with van der Waals surface area (Å²) in [5.74, 6) is 0.851. The van der Waals surface area contributed by atoms with Crippen molar-refractivity contribution >= 4 is 5.91 Å². The second-order valence-corrected chi connectivity index (χ2v) is 6.34. The van der Waals surface area contributed by atoms with Crippen LogP contribution in [0.4, 0.5) is 0 Å². The first kappa shape index (κ1) is 16.4. The molecule has 0 bridgehead atoms. The average Bonchev–Trinajstić information content (AvgIpc) is 3.32. The van der Waals surface area contributed by atoms with Gasteiger partial charge in [0.05, 0.1) is 17.9 Å². The standard InChI is InChI=1S/C17H20N8O/c26-17(8-4-10-24-12-19-22-23-24)21-14-5-3-6-15-13(14)11-20-25(15)16-7-1-2-9-18-16/h1-2,7,9,11-12,14H,3-6,8,10H2,(H,21,26). The van der Waals surface area contributed by atoms with Crippen LogP contribution in [0.3, 0.4) is 0 Å². The van der Waals surface area contributed by atoms with Crippen molar-refractivity contribution in [2.75, 3.05) is 0 Å². The lowest BCUT2D eigenvalue weighted by Gasteiger charge is -2.24. The number of tetrazole rings is 1. The van der Waals surface area contributed by atoms with E-state index >= 15 is 0 Å². The molecule has 1 unspecified atom stereocenters. The molecule has 1 N–H and O–H groups in total. The minimum absolute atomic E-state index is 0.0109. The quantitative estimate of drug-likeness (QED) is 0.715. The molecule has 3 aromatic heterocycles. The molecule has 1 atom stereocenters. The molecule has 9 heteroatoms. The smallest absolute Gasteiger partial charge is 0.220 e. The highest BCUT2D eigenvalue weighted by Gasteiger charge is 2.26. The Bertz CT molecular complexity index is 858. The summed E-state index contributed by atoms with van der Waals surface area (Å²) in [5, 5.41) is 18.6. The second kappa shape index (κ2) is 7.42. The van der Waals surface area contributed by atoms with E-state index < -0.39 is 0 Å². The molecule has 3 heterocycles. The fourth-order valence-corrected chi connectivity index (χ4v) is 3.33. The topological polar surface area (TPSA) is 103 Å². The SMILES string of the molecule is O=C(CCCn1cnnn1)NC1CCCc2c1cnn2-c1ccccn1. The maximum atomic E-state index is 12.3. The van der Waals surface area contributed by atoms with E-state index in [4.69, 9.17) is 0 Å². The average molecular weight is 352 g/mol. The fourth-order valence-electron chi connectivity index (χ4n) is 3.33. The Morgan fingerprint density at radius 2 is 2.31 bits per heavy atom. The summed E-state index contributed by atoms with van der Waals surface area (Å²) in [6, 6.07) is 5.78. The number of hydrogen-bond donors (Lipinski definition) is 1. The third-order valence-corrected chi connectivity index (χ3v) is 4.57. The van der Waals surface area contributed by atoms with Crippen molar-refractivity contribution < 1.29 is 4.79 Å². The number of pyridine rings is 1. The van der Waals surface area contributed by atoms with Gasteiger partial charge in [-0.15, -0.1) is 5.10 Å². The number of aromatic nitrogens is 7. The molecule has 9 nitrogen and oxygen atoms in total. The summed E-state index contributed by atoms with van der Waals surface area (Å²) in [6.45, 7) is 0.633. The lowest BCUT2D eigenvalue weighted by molar-refractivity contribution is -0.122. The molecule has 1 amide bonds. The summed E-state index contributed by atoms with van der Waals surface area (Å²) in [6.07, 6.45) is 9.20. The molecule has 0 saturated heterocycles. The molecule has 0 saturated carbocycles. The highest BCUT2D eigenvalue weighted by molar-refractivity contribution is 5.76. The number of hydrogen-bond acceptors (Lipinski definition) is 6. The number of amides is 1. The van der Waals surface area contributed by atoms with E-state index in [1.54, 1.807) is 17.2 Å². The lowest BCUT2D eigenvalue weighted by Crippen LogP contribution is -2.31. The van der Waals surface area contributed by atoms with Crippen LogP contribution < -0.4 is 5.32 Å². The zero-order valence-corrected chi connectivity index (χ0v) is 14.3. The van der Waals surface area contributed by atoms with Crippen LogP contribution in [-0.4, -0.2) is 40.9 Å². The first-order chi connectivity index (χ1) is 12.8. The first-order valence-electron chi connectivity index (χ1n) is 8.79. The Morgan fingerprint density at radius 1 is 1.35 bits per heavy atom. The predicted molar refractivity (Wildman–Crippen MR) is 92.2 cm³/mol. The van der Waals surface area contributed by atoms with E-state index in [0.29, 0.717) is 19.4 Å². The van der Waals surface area contributed by atoms with E-state index in [1.165, 1.54) is 0 Å². The van der Waals surface area contributed by atoms with E-state index in [1.807, 2.05) is 29.1 Å². The van der Waals surface area contributed by atoms with Gasteiger partial charge in [0.15, 0.2) is 5.82 Å². The number of aryl methyl sites for hydroxylation is 1. The Kier molecular flexibility index (Phi) is 4.67. The van der Waals surface area contributed by atoms with Crippen molar-refractivity contribution in [2.24, 2.45) is 0 Å². The van der Waals surface area contributed by atoms with Crippen LogP contribution >= 0.6 is 0 Å². The van der Waals surface area contributed by atoms with Crippen LogP contribution in [0.1, 0.15) is 43.0 Å². The van der Waals surface area contributed by atoms with Gasteiger partial charge in [-0.25, -0.2) is 14.3 Å². The van der Waals surface area contributed by atoms with Crippen LogP contribution in [0.15, 0.2) is 36.9 Å². The summed E-state index contributed by atoms with van der Waals surface area (Å²) < 4.78 is 3.51.